The smallest absolute Gasteiger partial charge is 0.278 e. The molecule has 1 unspecified atom stereocenters. The molecule has 1 amide bonds. The summed E-state index contributed by atoms with van der Waals surface area (Å²) in [7, 11) is 1.45. The Labute approximate surface area is 206 Å². The Morgan fingerprint density at radius 1 is 1.00 bits per heavy atom. The maximum absolute atomic E-state index is 12.0. The lowest BCUT2D eigenvalue weighted by Crippen LogP contribution is -2.25. The number of carbonyl (C=O) groups is 1. The van der Waals surface area contributed by atoms with Gasteiger partial charge < -0.3 is 40.5 Å². The second-order valence-electron chi connectivity index (χ2n) is 7.74. The third-order valence-corrected chi connectivity index (χ3v) is 4.83. The normalized spacial score (nSPS) is 11.8. The minimum Gasteiger partial charge on any atom is -0.493 e. The quantitative estimate of drug-likeness (QED) is 0.128. The Balaban J connectivity index is 2.14. The standard InChI is InChI=1S/C23H40N4O8/c1-18(25)19-16-21(31-2)22(17-20(19)27(29)30)35-11-3-6-23(28)26-8-5-10-33-13-15-34-14-12-32-9-4-7-24/h16-18H,3-15,24-25H2,1-2H3,(H,26,28). The monoisotopic (exact) mass is 500 g/mol. The van der Waals surface area contributed by atoms with Gasteiger partial charge in [0.2, 0.25) is 5.91 Å². The highest BCUT2D eigenvalue weighted by atomic mass is 16.6. The number of nitrogens with two attached hydrogens (primary N) is 2. The van der Waals surface area contributed by atoms with Crippen molar-refractivity contribution in [3.05, 3.63) is 27.8 Å². The van der Waals surface area contributed by atoms with E-state index in [1.807, 2.05) is 0 Å². The van der Waals surface area contributed by atoms with Gasteiger partial charge in [0, 0.05) is 32.2 Å². The van der Waals surface area contributed by atoms with E-state index in [4.69, 9.17) is 35.2 Å². The first-order valence-corrected chi connectivity index (χ1v) is 11.8. The van der Waals surface area contributed by atoms with Gasteiger partial charge in [0.15, 0.2) is 11.5 Å². The molecule has 0 spiro atoms. The second-order valence-corrected chi connectivity index (χ2v) is 7.74. The molecule has 0 fully saturated rings. The lowest BCUT2D eigenvalue weighted by molar-refractivity contribution is -0.385. The van der Waals surface area contributed by atoms with Crippen LogP contribution in [0.15, 0.2) is 12.1 Å². The summed E-state index contributed by atoms with van der Waals surface area (Å²) in [5.41, 5.74) is 11.4. The van der Waals surface area contributed by atoms with Crippen LogP contribution < -0.4 is 26.3 Å². The van der Waals surface area contributed by atoms with Crippen LogP contribution in [0.25, 0.3) is 0 Å². The minimum absolute atomic E-state index is 0.100. The van der Waals surface area contributed by atoms with Crippen molar-refractivity contribution in [3.63, 3.8) is 0 Å². The Morgan fingerprint density at radius 3 is 2.20 bits per heavy atom. The lowest BCUT2D eigenvalue weighted by atomic mass is 10.1. The average Bonchev–Trinajstić information content (AvgIpc) is 2.84. The summed E-state index contributed by atoms with van der Waals surface area (Å²) in [6.07, 6.45) is 2.25. The van der Waals surface area contributed by atoms with E-state index in [0.717, 1.165) is 6.42 Å². The number of nitrogens with zero attached hydrogens (tertiary/aromatic N) is 1. The average molecular weight is 501 g/mol. The first kappa shape index (κ1) is 30.5. The second kappa shape index (κ2) is 18.8. The van der Waals surface area contributed by atoms with E-state index in [2.05, 4.69) is 5.32 Å². The van der Waals surface area contributed by atoms with Gasteiger partial charge in [0.25, 0.3) is 5.69 Å². The molecule has 1 atom stereocenters. The molecular formula is C23H40N4O8. The summed E-state index contributed by atoms with van der Waals surface area (Å²) < 4.78 is 27.1. The van der Waals surface area contributed by atoms with Gasteiger partial charge in [0.05, 0.1) is 56.7 Å². The highest BCUT2D eigenvalue weighted by Gasteiger charge is 2.22. The van der Waals surface area contributed by atoms with Crippen LogP contribution in [0, 0.1) is 10.1 Å². The fraction of sp³-hybridized carbons (Fsp3) is 0.696. The third-order valence-electron chi connectivity index (χ3n) is 4.83. The van der Waals surface area contributed by atoms with Gasteiger partial charge in [-0.2, -0.15) is 0 Å². The van der Waals surface area contributed by atoms with Crippen LogP contribution in [-0.4, -0.2) is 77.3 Å². The van der Waals surface area contributed by atoms with E-state index in [-0.39, 0.29) is 30.4 Å². The van der Waals surface area contributed by atoms with Gasteiger partial charge in [-0.1, -0.05) is 0 Å². The molecule has 1 aromatic carbocycles. The summed E-state index contributed by atoms with van der Waals surface area (Å²) in [6, 6.07) is 2.29. The first-order valence-electron chi connectivity index (χ1n) is 11.8. The number of benzene rings is 1. The molecule has 0 saturated carbocycles. The summed E-state index contributed by atoms with van der Waals surface area (Å²) >= 11 is 0. The molecule has 1 aromatic rings. The molecule has 1 rings (SSSR count). The number of methoxy groups -OCH3 is 1. The lowest BCUT2D eigenvalue weighted by Gasteiger charge is -2.14. The van der Waals surface area contributed by atoms with Crippen molar-refractivity contribution in [2.75, 3.05) is 66.4 Å². The number of nitro benzene ring substituents is 1. The summed E-state index contributed by atoms with van der Waals surface area (Å²) in [4.78, 5) is 22.8. The van der Waals surface area contributed by atoms with Gasteiger partial charge in [-0.3, -0.25) is 14.9 Å². The summed E-state index contributed by atoms with van der Waals surface area (Å²) in [6.45, 7) is 6.22. The number of nitrogens with one attached hydrogen (secondary N) is 1. The Hall–Kier alpha value is -2.51. The first-order chi connectivity index (χ1) is 16.9. The van der Waals surface area contributed by atoms with Gasteiger partial charge in [0.1, 0.15) is 0 Å². The third kappa shape index (κ3) is 13.2. The molecule has 0 aromatic heterocycles. The molecular weight excluding hydrogens is 460 g/mol. The predicted molar refractivity (Wildman–Crippen MR) is 131 cm³/mol. The van der Waals surface area contributed by atoms with E-state index < -0.39 is 11.0 Å². The number of nitro groups is 1. The van der Waals surface area contributed by atoms with Crippen LogP contribution in [0.1, 0.15) is 44.2 Å². The molecule has 0 saturated heterocycles. The largest absolute Gasteiger partial charge is 0.493 e. The molecule has 35 heavy (non-hydrogen) atoms. The molecule has 12 nitrogen and oxygen atoms in total. The molecule has 0 aliphatic rings. The number of hydrogen-bond donors (Lipinski definition) is 3. The molecule has 0 radical (unpaired) electrons. The van der Waals surface area contributed by atoms with Gasteiger partial charge in [-0.25, -0.2) is 0 Å². The molecule has 0 heterocycles. The maximum atomic E-state index is 12.0. The zero-order valence-corrected chi connectivity index (χ0v) is 20.8. The van der Waals surface area contributed by atoms with Crippen molar-refractivity contribution in [2.45, 2.75) is 38.6 Å². The topological polar surface area (TPSA) is 170 Å². The van der Waals surface area contributed by atoms with Crippen LogP contribution in [0.4, 0.5) is 5.69 Å². The Morgan fingerprint density at radius 2 is 1.63 bits per heavy atom. The van der Waals surface area contributed by atoms with Crippen LogP contribution in [0.3, 0.4) is 0 Å². The molecule has 200 valence electrons. The van der Waals surface area contributed by atoms with Gasteiger partial charge in [-0.15, -0.1) is 0 Å². The fourth-order valence-electron chi connectivity index (χ4n) is 2.99. The summed E-state index contributed by atoms with van der Waals surface area (Å²) in [5.74, 6) is 0.495. The van der Waals surface area contributed by atoms with Crippen molar-refractivity contribution < 1.29 is 33.4 Å². The zero-order valence-electron chi connectivity index (χ0n) is 20.8. The van der Waals surface area contributed by atoms with E-state index in [0.29, 0.717) is 76.9 Å². The van der Waals surface area contributed by atoms with Crippen molar-refractivity contribution in [1.82, 2.24) is 5.32 Å². The van der Waals surface area contributed by atoms with Crippen molar-refractivity contribution in [2.24, 2.45) is 11.5 Å². The number of hydrogen-bond acceptors (Lipinski definition) is 10. The Kier molecular flexibility index (Phi) is 16.4. The number of carbonyl (C=O) groups excluding carboxylic acids is 1. The van der Waals surface area contributed by atoms with E-state index in [9.17, 15) is 14.9 Å². The molecule has 5 N–H and O–H groups in total. The maximum Gasteiger partial charge on any atom is 0.278 e. The van der Waals surface area contributed by atoms with Crippen LogP contribution in [0.2, 0.25) is 0 Å². The predicted octanol–water partition coefficient (Wildman–Crippen LogP) is 1.69. The van der Waals surface area contributed by atoms with Crippen molar-refractivity contribution in [1.29, 1.82) is 0 Å². The molecule has 0 aliphatic carbocycles. The fourth-order valence-corrected chi connectivity index (χ4v) is 2.99. The van der Waals surface area contributed by atoms with E-state index in [1.54, 1.807) is 6.92 Å². The van der Waals surface area contributed by atoms with E-state index in [1.165, 1.54) is 19.2 Å². The minimum atomic E-state index is -0.530. The zero-order chi connectivity index (χ0) is 25.9. The molecule has 12 heteroatoms. The highest BCUT2D eigenvalue weighted by molar-refractivity contribution is 5.75. The van der Waals surface area contributed by atoms with Gasteiger partial charge >= 0.3 is 0 Å². The van der Waals surface area contributed by atoms with Gasteiger partial charge in [-0.05, 0) is 38.8 Å². The van der Waals surface area contributed by atoms with Crippen molar-refractivity contribution >= 4 is 11.6 Å². The van der Waals surface area contributed by atoms with E-state index >= 15 is 0 Å². The molecule has 0 aliphatic heterocycles. The SMILES string of the molecule is COc1cc(C(C)N)c([N+](=O)[O-])cc1OCCCC(=O)NCCCOCCOCCOCCCN. The number of ether oxygens (including phenoxy) is 5. The van der Waals surface area contributed by atoms with Crippen molar-refractivity contribution in [3.8, 4) is 11.5 Å². The Bertz CT molecular complexity index is 748. The van der Waals surface area contributed by atoms with Crippen LogP contribution >= 0.6 is 0 Å². The number of rotatable bonds is 21. The van der Waals surface area contributed by atoms with Crippen LogP contribution in [-0.2, 0) is 19.0 Å². The number of amides is 1. The van der Waals surface area contributed by atoms with Crippen LogP contribution in [0.5, 0.6) is 11.5 Å². The molecule has 0 bridgehead atoms. The highest BCUT2D eigenvalue weighted by Crippen LogP contribution is 2.36. The summed E-state index contributed by atoms with van der Waals surface area (Å²) in [5, 5.41) is 14.2.